The molecule has 1 aliphatic heterocycles. The zero-order valence-corrected chi connectivity index (χ0v) is 19.0. The van der Waals surface area contributed by atoms with Crippen LogP contribution >= 0.6 is 22.9 Å². The number of thiazole rings is 1. The number of hydrogen-bond acceptors (Lipinski definition) is 7. The van der Waals surface area contributed by atoms with E-state index in [1.54, 1.807) is 10.9 Å². The summed E-state index contributed by atoms with van der Waals surface area (Å²) in [5, 5.41) is 2.08. The number of hydrogen-bond donors (Lipinski definition) is 0. The zero-order valence-electron chi connectivity index (χ0n) is 16.6. The topological polar surface area (TPSA) is 66.4 Å². The molecule has 1 fully saturated rings. The van der Waals surface area contributed by atoms with Crippen molar-refractivity contribution in [2.24, 2.45) is 0 Å². The van der Waals surface area contributed by atoms with Crippen molar-refractivity contribution in [2.45, 2.75) is 29.7 Å². The highest BCUT2D eigenvalue weighted by molar-refractivity contribution is 7.90. The molecule has 1 atom stereocenters. The van der Waals surface area contributed by atoms with Gasteiger partial charge in [-0.05, 0) is 18.1 Å². The number of pyridine rings is 1. The van der Waals surface area contributed by atoms with E-state index in [9.17, 15) is 8.42 Å². The molecule has 158 valence electrons. The minimum absolute atomic E-state index is 0.120. The molecule has 0 radical (unpaired) electrons. The molecular formula is C21H23ClN4O2S2. The van der Waals surface area contributed by atoms with Crippen LogP contribution in [0.3, 0.4) is 0 Å². The molecule has 1 aliphatic rings. The second-order valence-corrected chi connectivity index (χ2v) is 10.6. The lowest BCUT2D eigenvalue weighted by molar-refractivity contribution is 0.326. The van der Waals surface area contributed by atoms with Crippen LogP contribution in [-0.4, -0.2) is 49.5 Å². The number of likely N-dealkylation sites (N-methyl/N-ethyl adjacent to an activating group) is 1. The number of likely N-dealkylation sites (tertiary alicyclic amines) is 1. The van der Waals surface area contributed by atoms with Gasteiger partial charge in [0.2, 0.25) is 0 Å². The summed E-state index contributed by atoms with van der Waals surface area (Å²) in [6.07, 6.45) is 2.40. The number of rotatable bonds is 7. The first-order valence-corrected chi connectivity index (χ1v) is 12.6. The molecule has 0 N–H and O–H groups in total. The van der Waals surface area contributed by atoms with E-state index >= 15 is 0 Å². The predicted molar refractivity (Wildman–Crippen MR) is 121 cm³/mol. The predicted octanol–water partition coefficient (Wildman–Crippen LogP) is 3.88. The number of benzene rings is 1. The maximum Gasteiger partial charge on any atom is 0.185 e. The average molecular weight is 463 g/mol. The molecule has 0 saturated carbocycles. The van der Waals surface area contributed by atoms with Crippen LogP contribution in [0.2, 0.25) is 5.02 Å². The number of anilines is 1. The first-order valence-electron chi connectivity index (χ1n) is 9.67. The summed E-state index contributed by atoms with van der Waals surface area (Å²) in [6, 6.07) is 12.2. The lowest BCUT2D eigenvalue weighted by Crippen LogP contribution is -2.35. The van der Waals surface area contributed by atoms with Gasteiger partial charge in [-0.1, -0.05) is 41.9 Å². The highest BCUT2D eigenvalue weighted by atomic mass is 35.5. The van der Waals surface area contributed by atoms with Crippen molar-refractivity contribution in [3.63, 3.8) is 0 Å². The summed E-state index contributed by atoms with van der Waals surface area (Å²) >= 11 is 7.83. The van der Waals surface area contributed by atoms with E-state index in [1.165, 1.54) is 29.2 Å². The average Bonchev–Trinajstić information content (AvgIpc) is 3.40. The van der Waals surface area contributed by atoms with E-state index in [0.717, 1.165) is 26.1 Å². The summed E-state index contributed by atoms with van der Waals surface area (Å²) in [4.78, 5) is 13.1. The molecule has 1 saturated heterocycles. The fraction of sp³-hybridized carbons (Fsp3) is 0.333. The molecular weight excluding hydrogens is 440 g/mol. The van der Waals surface area contributed by atoms with Gasteiger partial charge in [0.1, 0.15) is 5.82 Å². The van der Waals surface area contributed by atoms with Crippen LogP contribution < -0.4 is 4.90 Å². The van der Waals surface area contributed by atoms with Crippen LogP contribution in [-0.2, 0) is 22.1 Å². The van der Waals surface area contributed by atoms with Crippen molar-refractivity contribution in [2.75, 3.05) is 25.0 Å². The van der Waals surface area contributed by atoms with E-state index in [4.69, 9.17) is 11.6 Å². The number of halogens is 1. The normalized spacial score (nSPS) is 17.3. The minimum Gasteiger partial charge on any atom is -0.354 e. The highest BCUT2D eigenvalue weighted by Crippen LogP contribution is 2.30. The van der Waals surface area contributed by atoms with Crippen molar-refractivity contribution in [1.82, 2.24) is 14.9 Å². The van der Waals surface area contributed by atoms with E-state index in [1.807, 2.05) is 13.1 Å². The van der Waals surface area contributed by atoms with Gasteiger partial charge in [-0.2, -0.15) is 0 Å². The van der Waals surface area contributed by atoms with Crippen LogP contribution in [0.4, 0.5) is 5.82 Å². The van der Waals surface area contributed by atoms with E-state index in [2.05, 4.69) is 44.0 Å². The molecule has 2 aromatic heterocycles. The van der Waals surface area contributed by atoms with Crippen LogP contribution in [0, 0.1) is 0 Å². The Bertz CT molecular complexity index is 1090. The standard InChI is InChI=1S/C21H23ClN4O2S2/c1-25(18-7-8-26(12-18)11-16-5-3-2-4-6-16)21-20(22)9-19(10-23-21)30(27,28)14-17-13-29-15-24-17/h2-6,9-10,13,15,18H,7-8,11-12,14H2,1H3/t18-/m1/s1. The Morgan fingerprint density at radius 3 is 2.77 bits per heavy atom. The molecule has 6 nitrogen and oxygen atoms in total. The molecule has 30 heavy (non-hydrogen) atoms. The summed E-state index contributed by atoms with van der Waals surface area (Å²) in [5.41, 5.74) is 3.45. The highest BCUT2D eigenvalue weighted by Gasteiger charge is 2.28. The van der Waals surface area contributed by atoms with E-state index in [-0.39, 0.29) is 16.7 Å². The molecule has 3 heterocycles. The Morgan fingerprint density at radius 2 is 2.07 bits per heavy atom. The quantitative estimate of drug-likeness (QED) is 0.531. The Balaban J connectivity index is 1.44. The van der Waals surface area contributed by atoms with E-state index in [0.29, 0.717) is 16.5 Å². The Morgan fingerprint density at radius 1 is 1.27 bits per heavy atom. The fourth-order valence-electron chi connectivity index (χ4n) is 3.72. The summed E-state index contributed by atoms with van der Waals surface area (Å²) in [5.74, 6) is 0.455. The third kappa shape index (κ3) is 4.83. The van der Waals surface area contributed by atoms with Crippen molar-refractivity contribution in [3.05, 3.63) is 69.8 Å². The van der Waals surface area contributed by atoms with Gasteiger partial charge >= 0.3 is 0 Å². The third-order valence-corrected chi connectivity index (χ3v) is 7.89. The molecule has 3 aromatic rings. The van der Waals surface area contributed by atoms with Crippen molar-refractivity contribution in [3.8, 4) is 0 Å². The number of sulfone groups is 1. The largest absolute Gasteiger partial charge is 0.354 e. The third-order valence-electron chi connectivity index (χ3n) is 5.36. The first kappa shape index (κ1) is 21.2. The molecule has 4 rings (SSSR count). The van der Waals surface area contributed by atoms with Crippen LogP contribution in [0.1, 0.15) is 17.7 Å². The van der Waals surface area contributed by atoms with Crippen LogP contribution in [0.5, 0.6) is 0 Å². The lowest BCUT2D eigenvalue weighted by Gasteiger charge is -2.27. The zero-order chi connectivity index (χ0) is 21.1. The Kier molecular flexibility index (Phi) is 6.38. The van der Waals surface area contributed by atoms with Gasteiger partial charge < -0.3 is 4.90 Å². The number of aromatic nitrogens is 2. The SMILES string of the molecule is CN(c1ncc(S(=O)(=O)Cc2cscn2)cc1Cl)[C@@H]1CCN(Cc2ccccc2)C1. The maximum absolute atomic E-state index is 12.7. The molecule has 0 unspecified atom stereocenters. The van der Waals surface area contributed by atoms with Gasteiger partial charge in [-0.15, -0.1) is 11.3 Å². The summed E-state index contributed by atoms with van der Waals surface area (Å²) < 4.78 is 25.3. The van der Waals surface area contributed by atoms with Gasteiger partial charge in [0.05, 0.1) is 26.9 Å². The van der Waals surface area contributed by atoms with Gasteiger partial charge in [-0.25, -0.2) is 18.4 Å². The molecule has 9 heteroatoms. The molecule has 1 aromatic carbocycles. The van der Waals surface area contributed by atoms with Gasteiger partial charge in [0.15, 0.2) is 9.84 Å². The fourth-order valence-corrected chi connectivity index (χ4v) is 5.97. The molecule has 0 amide bonds. The first-order chi connectivity index (χ1) is 14.4. The van der Waals surface area contributed by atoms with Crippen molar-refractivity contribution >= 4 is 38.6 Å². The van der Waals surface area contributed by atoms with Crippen LogP contribution in [0.15, 0.2) is 58.4 Å². The van der Waals surface area contributed by atoms with Gasteiger partial charge in [-0.3, -0.25) is 4.90 Å². The second-order valence-electron chi connectivity index (χ2n) is 7.49. The Hall–Kier alpha value is -2.00. The van der Waals surface area contributed by atoms with Crippen molar-refractivity contribution in [1.29, 1.82) is 0 Å². The van der Waals surface area contributed by atoms with E-state index < -0.39 is 9.84 Å². The summed E-state index contributed by atoms with van der Waals surface area (Å²) in [7, 11) is -1.57. The van der Waals surface area contributed by atoms with Gasteiger partial charge in [0, 0.05) is 44.3 Å². The molecule has 0 aliphatic carbocycles. The minimum atomic E-state index is -3.54. The maximum atomic E-state index is 12.7. The second kappa shape index (κ2) is 9.01. The lowest BCUT2D eigenvalue weighted by atomic mass is 10.2. The van der Waals surface area contributed by atoms with Gasteiger partial charge in [0.25, 0.3) is 0 Å². The summed E-state index contributed by atoms with van der Waals surface area (Å²) in [6.45, 7) is 2.83. The smallest absolute Gasteiger partial charge is 0.185 e. The molecule has 0 spiro atoms. The molecule has 0 bridgehead atoms. The monoisotopic (exact) mass is 462 g/mol. The number of nitrogens with zero attached hydrogens (tertiary/aromatic N) is 4. The van der Waals surface area contributed by atoms with Crippen LogP contribution in [0.25, 0.3) is 0 Å². The van der Waals surface area contributed by atoms with Crippen molar-refractivity contribution < 1.29 is 8.42 Å². The Labute approximate surface area is 186 Å².